The quantitative estimate of drug-likeness (QED) is 0.494. The van der Waals surface area contributed by atoms with Crippen LogP contribution in [0.15, 0.2) is 91.0 Å². The van der Waals surface area contributed by atoms with Gasteiger partial charge in [0, 0.05) is 0 Å². The van der Waals surface area contributed by atoms with Crippen molar-refractivity contribution < 1.29 is 9.53 Å². The molecule has 0 heterocycles. The van der Waals surface area contributed by atoms with Crippen molar-refractivity contribution in [2.75, 3.05) is 0 Å². The van der Waals surface area contributed by atoms with Gasteiger partial charge in [-0.25, -0.2) is 0 Å². The summed E-state index contributed by atoms with van der Waals surface area (Å²) in [5.74, 6) is 0.884. The molecule has 2 nitrogen and oxygen atoms in total. The molecule has 0 aromatic heterocycles. The van der Waals surface area contributed by atoms with Crippen LogP contribution in [0.25, 0.3) is 0 Å². The van der Waals surface area contributed by atoms with Gasteiger partial charge in [0.15, 0.2) is 0 Å². The van der Waals surface area contributed by atoms with Gasteiger partial charge in [-0.2, -0.15) is 0 Å². The molecule has 3 heteroatoms. The van der Waals surface area contributed by atoms with Crippen LogP contribution in [0, 0.1) is 17.3 Å². The van der Waals surface area contributed by atoms with E-state index in [-0.39, 0.29) is 17.4 Å². The maximum atomic E-state index is 11.8. The molecule has 6 rings (SSSR count). The lowest BCUT2D eigenvalue weighted by atomic mass is 9.43. The van der Waals surface area contributed by atoms with Gasteiger partial charge in [-0.15, -0.1) is 0 Å². The Labute approximate surface area is 187 Å². The first-order valence-corrected chi connectivity index (χ1v) is 13.3. The monoisotopic (exact) mass is 428 g/mol. The first-order chi connectivity index (χ1) is 14.9. The Balaban J connectivity index is 1.68. The zero-order chi connectivity index (χ0) is 21.7. The van der Waals surface area contributed by atoms with Gasteiger partial charge in [0.2, 0.25) is 0 Å². The molecule has 3 aliphatic carbocycles. The third kappa shape index (κ3) is 3.14. The standard InChI is InChI=1S/C28H32O2Si/c1-27(2)21-19-25(27)28(3,29)26(20-21)30-31(22-13-7-4-8-14-22,23-15-9-5-10-16-23)24-17-11-6-12-18-24/h4-18,21,25-26,29H,19-20H2,1-3H3/t21-,25-,26+,28-/m0/s1. The average Bonchev–Trinajstić information content (AvgIpc) is 2.79. The van der Waals surface area contributed by atoms with Crippen LogP contribution in [0.5, 0.6) is 0 Å². The smallest absolute Gasteiger partial charge is 0.288 e. The predicted octanol–water partition coefficient (Wildman–Crippen LogP) is 3.86. The highest BCUT2D eigenvalue weighted by Crippen LogP contribution is 2.63. The molecule has 3 aromatic rings. The molecule has 3 aromatic carbocycles. The van der Waals surface area contributed by atoms with Crippen LogP contribution in [-0.2, 0) is 4.43 Å². The number of hydrogen-bond donors (Lipinski definition) is 1. The van der Waals surface area contributed by atoms with Crippen molar-refractivity contribution in [2.45, 2.75) is 45.3 Å². The third-order valence-corrected chi connectivity index (χ3v) is 12.3. The Morgan fingerprint density at radius 3 is 1.48 bits per heavy atom. The van der Waals surface area contributed by atoms with Crippen LogP contribution >= 0.6 is 0 Å². The molecule has 0 spiro atoms. The molecule has 1 N–H and O–H groups in total. The molecule has 2 bridgehead atoms. The molecule has 4 atom stereocenters. The summed E-state index contributed by atoms with van der Waals surface area (Å²) in [6.07, 6.45) is 1.84. The average molecular weight is 429 g/mol. The van der Waals surface area contributed by atoms with Crippen molar-refractivity contribution in [1.29, 1.82) is 0 Å². The number of aliphatic hydroxyl groups is 1. The maximum absolute atomic E-state index is 11.8. The lowest BCUT2D eigenvalue weighted by Crippen LogP contribution is -2.75. The SMILES string of the molecule is CC1(C)[C@@H]2C[C@@H](O[Si](c3ccccc3)(c3ccccc3)c3ccccc3)[C@@](C)(O)[C@H]1C2. The van der Waals surface area contributed by atoms with Crippen molar-refractivity contribution in [3.05, 3.63) is 91.0 Å². The van der Waals surface area contributed by atoms with Gasteiger partial charge in [-0.05, 0) is 52.6 Å². The van der Waals surface area contributed by atoms with Crippen molar-refractivity contribution >= 4 is 23.9 Å². The largest absolute Gasteiger partial charge is 0.398 e. The van der Waals surface area contributed by atoms with E-state index in [4.69, 9.17) is 4.43 Å². The van der Waals surface area contributed by atoms with Crippen LogP contribution in [0.2, 0.25) is 0 Å². The normalized spacial score (nSPS) is 29.2. The second-order valence-corrected chi connectivity index (χ2v) is 13.5. The molecule has 160 valence electrons. The van der Waals surface area contributed by atoms with Gasteiger partial charge in [-0.1, -0.05) is 105 Å². The second kappa shape index (κ2) is 7.44. The van der Waals surface area contributed by atoms with E-state index in [2.05, 4.69) is 105 Å². The minimum absolute atomic E-state index is 0.180. The fraction of sp³-hybridized carbons (Fsp3) is 0.357. The van der Waals surface area contributed by atoms with Crippen LogP contribution in [0.3, 0.4) is 0 Å². The Morgan fingerprint density at radius 2 is 1.13 bits per heavy atom. The summed E-state index contributed by atoms with van der Waals surface area (Å²) in [6, 6.07) is 32.0. The van der Waals surface area contributed by atoms with E-state index in [1.165, 1.54) is 15.6 Å². The lowest BCUT2D eigenvalue weighted by Gasteiger charge is -2.65. The molecule has 0 amide bonds. The Kier molecular flexibility index (Phi) is 4.96. The summed E-state index contributed by atoms with van der Waals surface area (Å²) in [7, 11) is -2.82. The number of benzene rings is 3. The van der Waals surface area contributed by atoms with E-state index in [0.29, 0.717) is 5.92 Å². The molecule has 3 saturated carbocycles. The van der Waals surface area contributed by atoms with E-state index < -0.39 is 13.9 Å². The molecule has 3 aliphatic rings. The molecular formula is C28H32O2Si. The van der Waals surface area contributed by atoms with Gasteiger partial charge in [-0.3, -0.25) is 0 Å². The van der Waals surface area contributed by atoms with E-state index in [1.807, 2.05) is 6.92 Å². The first kappa shape index (κ1) is 20.7. The van der Waals surface area contributed by atoms with Gasteiger partial charge in [0.05, 0.1) is 11.7 Å². The van der Waals surface area contributed by atoms with Crippen molar-refractivity contribution in [1.82, 2.24) is 0 Å². The Bertz CT molecular complexity index is 934. The van der Waals surface area contributed by atoms with E-state index in [1.54, 1.807) is 0 Å². The fourth-order valence-electron chi connectivity index (χ4n) is 6.23. The van der Waals surface area contributed by atoms with Crippen LogP contribution in [-0.4, -0.2) is 25.1 Å². The number of hydrogen-bond acceptors (Lipinski definition) is 2. The van der Waals surface area contributed by atoms with Crippen molar-refractivity contribution in [3.63, 3.8) is 0 Å². The number of fused-ring (bicyclic) bond motifs is 2. The van der Waals surface area contributed by atoms with Crippen LogP contribution in [0.4, 0.5) is 0 Å². The van der Waals surface area contributed by atoms with Crippen LogP contribution < -0.4 is 15.6 Å². The molecular weight excluding hydrogens is 396 g/mol. The highest BCUT2D eigenvalue weighted by molar-refractivity contribution is 7.07. The predicted molar refractivity (Wildman–Crippen MR) is 129 cm³/mol. The highest BCUT2D eigenvalue weighted by atomic mass is 28.4. The third-order valence-electron chi connectivity index (χ3n) is 8.19. The summed E-state index contributed by atoms with van der Waals surface area (Å²) >= 11 is 0. The van der Waals surface area contributed by atoms with E-state index >= 15 is 0 Å². The Hall–Kier alpha value is -2.20. The van der Waals surface area contributed by atoms with E-state index in [9.17, 15) is 5.11 Å². The minimum Gasteiger partial charge on any atom is -0.398 e. The van der Waals surface area contributed by atoms with Gasteiger partial charge in [0.25, 0.3) is 8.32 Å². The Morgan fingerprint density at radius 1 is 0.710 bits per heavy atom. The van der Waals surface area contributed by atoms with Crippen molar-refractivity contribution in [2.24, 2.45) is 17.3 Å². The fourth-order valence-corrected chi connectivity index (χ4v) is 10.4. The summed E-state index contributed by atoms with van der Waals surface area (Å²) in [5, 5.41) is 15.4. The van der Waals surface area contributed by atoms with Gasteiger partial charge in [0.1, 0.15) is 0 Å². The molecule has 0 saturated heterocycles. The molecule has 0 radical (unpaired) electrons. The van der Waals surface area contributed by atoms with Gasteiger partial charge < -0.3 is 9.53 Å². The van der Waals surface area contributed by atoms with Crippen LogP contribution in [0.1, 0.15) is 33.6 Å². The van der Waals surface area contributed by atoms with E-state index in [0.717, 1.165) is 12.8 Å². The summed E-state index contributed by atoms with van der Waals surface area (Å²) in [6.45, 7) is 6.64. The zero-order valence-corrected chi connectivity index (χ0v) is 19.7. The topological polar surface area (TPSA) is 29.5 Å². The first-order valence-electron chi connectivity index (χ1n) is 11.4. The van der Waals surface area contributed by atoms with Gasteiger partial charge >= 0.3 is 0 Å². The summed E-state index contributed by atoms with van der Waals surface area (Å²) < 4.78 is 7.34. The number of rotatable bonds is 5. The summed E-state index contributed by atoms with van der Waals surface area (Å²) in [4.78, 5) is 0. The molecule has 3 fully saturated rings. The highest BCUT2D eigenvalue weighted by Gasteiger charge is 2.64. The minimum atomic E-state index is -2.82. The summed E-state index contributed by atoms with van der Waals surface area (Å²) in [5.41, 5.74) is -0.658. The zero-order valence-electron chi connectivity index (χ0n) is 18.7. The lowest BCUT2D eigenvalue weighted by molar-refractivity contribution is -0.239. The van der Waals surface area contributed by atoms with Crippen molar-refractivity contribution in [3.8, 4) is 0 Å². The molecule has 31 heavy (non-hydrogen) atoms. The molecule has 0 aliphatic heterocycles. The molecule has 0 unspecified atom stereocenters. The maximum Gasteiger partial charge on any atom is 0.288 e. The second-order valence-electron chi connectivity index (χ2n) is 10.2.